The van der Waals surface area contributed by atoms with Crippen molar-refractivity contribution in [3.05, 3.63) is 12.7 Å². The van der Waals surface area contributed by atoms with E-state index in [1.54, 1.807) is 6.92 Å². The number of nitrogens with two attached hydrogens (primary N) is 1. The van der Waals surface area contributed by atoms with Gasteiger partial charge in [0.05, 0.1) is 19.0 Å². The molecule has 4 unspecified atom stereocenters. The zero-order valence-electron chi connectivity index (χ0n) is 10.7. The van der Waals surface area contributed by atoms with Crippen molar-refractivity contribution in [2.45, 2.75) is 31.0 Å². The summed E-state index contributed by atoms with van der Waals surface area (Å²) in [6.07, 6.45) is -0.495. The molecule has 9 nitrogen and oxygen atoms in total. The molecule has 108 valence electrons. The summed E-state index contributed by atoms with van der Waals surface area (Å²) in [5.41, 5.74) is 4.80. The van der Waals surface area contributed by atoms with Gasteiger partial charge in [-0.15, -0.1) is 0 Å². The van der Waals surface area contributed by atoms with Crippen molar-refractivity contribution in [3.8, 4) is 0 Å². The van der Waals surface area contributed by atoms with Crippen LogP contribution in [0.5, 0.6) is 0 Å². The maximum absolute atomic E-state index is 10.2. The molecule has 0 radical (unpaired) electrons. The van der Waals surface area contributed by atoms with Gasteiger partial charge in [-0.2, -0.15) is 0 Å². The number of nitrogen functional groups attached to an aromatic ring is 1. The smallest absolute Gasteiger partial charge is 0.199 e. The SMILES string of the molecule is CC1OC(CO)(n2cnc3c(N)ncnc32)C(O)C1O. The number of imidazole rings is 1. The average molecular weight is 281 g/mol. The van der Waals surface area contributed by atoms with Gasteiger partial charge in [-0.1, -0.05) is 0 Å². The average Bonchev–Trinajstić information content (AvgIpc) is 2.96. The molecular weight excluding hydrogens is 266 g/mol. The van der Waals surface area contributed by atoms with E-state index < -0.39 is 30.6 Å². The maximum atomic E-state index is 10.2. The van der Waals surface area contributed by atoms with Gasteiger partial charge in [-0.25, -0.2) is 15.0 Å². The van der Waals surface area contributed by atoms with Crippen molar-refractivity contribution >= 4 is 17.0 Å². The predicted octanol–water partition coefficient (Wildman–Crippen LogP) is -1.81. The largest absolute Gasteiger partial charge is 0.391 e. The number of aliphatic hydroxyl groups excluding tert-OH is 3. The summed E-state index contributed by atoms with van der Waals surface area (Å²) in [6, 6.07) is 0. The van der Waals surface area contributed by atoms with E-state index in [9.17, 15) is 15.3 Å². The number of nitrogens with zero attached hydrogens (tertiary/aromatic N) is 4. The summed E-state index contributed by atoms with van der Waals surface area (Å²) in [4.78, 5) is 11.9. The third-order valence-electron chi connectivity index (χ3n) is 3.65. The van der Waals surface area contributed by atoms with Crippen LogP contribution in [0.15, 0.2) is 12.7 Å². The lowest BCUT2D eigenvalue weighted by Crippen LogP contribution is -2.48. The molecule has 1 aliphatic heterocycles. The van der Waals surface area contributed by atoms with Crippen molar-refractivity contribution in [2.75, 3.05) is 12.3 Å². The molecule has 20 heavy (non-hydrogen) atoms. The second kappa shape index (κ2) is 4.35. The first-order valence-electron chi connectivity index (χ1n) is 6.10. The Hall–Kier alpha value is -1.81. The number of anilines is 1. The summed E-state index contributed by atoms with van der Waals surface area (Å²) in [5, 5.41) is 29.8. The number of rotatable bonds is 2. The molecule has 4 atom stereocenters. The van der Waals surface area contributed by atoms with Crippen molar-refractivity contribution in [1.82, 2.24) is 19.5 Å². The predicted molar refractivity (Wildman–Crippen MR) is 67.4 cm³/mol. The Morgan fingerprint density at radius 1 is 1.40 bits per heavy atom. The first kappa shape index (κ1) is 13.2. The number of hydrogen-bond donors (Lipinski definition) is 4. The summed E-state index contributed by atoms with van der Waals surface area (Å²) in [6.45, 7) is 1.05. The summed E-state index contributed by atoms with van der Waals surface area (Å²) in [7, 11) is 0. The quantitative estimate of drug-likeness (QED) is 0.505. The van der Waals surface area contributed by atoms with Crippen LogP contribution in [0.4, 0.5) is 5.82 Å². The molecule has 2 aromatic heterocycles. The molecule has 0 spiro atoms. The Labute approximate surface area is 113 Å². The molecule has 2 aromatic rings. The van der Waals surface area contributed by atoms with Crippen LogP contribution in [-0.4, -0.2) is 59.8 Å². The lowest BCUT2D eigenvalue weighted by Gasteiger charge is -2.31. The molecule has 9 heteroatoms. The van der Waals surface area contributed by atoms with E-state index in [2.05, 4.69) is 15.0 Å². The van der Waals surface area contributed by atoms with Crippen LogP contribution in [0.1, 0.15) is 6.92 Å². The van der Waals surface area contributed by atoms with E-state index in [1.807, 2.05) is 0 Å². The van der Waals surface area contributed by atoms with Gasteiger partial charge in [-0.05, 0) is 6.92 Å². The van der Waals surface area contributed by atoms with Gasteiger partial charge in [0, 0.05) is 0 Å². The van der Waals surface area contributed by atoms with E-state index >= 15 is 0 Å². The van der Waals surface area contributed by atoms with Crippen LogP contribution in [0.3, 0.4) is 0 Å². The highest BCUT2D eigenvalue weighted by Crippen LogP contribution is 2.37. The van der Waals surface area contributed by atoms with Crippen LogP contribution < -0.4 is 5.73 Å². The van der Waals surface area contributed by atoms with Gasteiger partial charge >= 0.3 is 0 Å². The van der Waals surface area contributed by atoms with E-state index in [4.69, 9.17) is 10.5 Å². The topological polar surface area (TPSA) is 140 Å². The third-order valence-corrected chi connectivity index (χ3v) is 3.65. The van der Waals surface area contributed by atoms with Crippen molar-refractivity contribution in [1.29, 1.82) is 0 Å². The van der Waals surface area contributed by atoms with Gasteiger partial charge in [0.25, 0.3) is 0 Å². The van der Waals surface area contributed by atoms with Crippen LogP contribution in [0.25, 0.3) is 11.2 Å². The first-order chi connectivity index (χ1) is 9.51. The van der Waals surface area contributed by atoms with Crippen molar-refractivity contribution < 1.29 is 20.1 Å². The lowest BCUT2D eigenvalue weighted by atomic mass is 10.0. The monoisotopic (exact) mass is 281 g/mol. The molecule has 0 saturated carbocycles. The Kier molecular flexibility index (Phi) is 2.87. The second-order valence-corrected chi connectivity index (χ2v) is 4.81. The molecule has 1 saturated heterocycles. The standard InChI is InChI=1S/C11H15N5O4/c1-5-7(18)8(19)11(2-17,20-5)16-4-15-6-9(12)13-3-14-10(6)16/h3-5,7-8,17-19H,2H2,1H3,(H2,12,13,14). The number of aliphatic hydroxyl groups is 3. The first-order valence-corrected chi connectivity index (χ1v) is 6.10. The Morgan fingerprint density at radius 2 is 2.15 bits per heavy atom. The maximum Gasteiger partial charge on any atom is 0.199 e. The fourth-order valence-corrected chi connectivity index (χ4v) is 2.52. The number of ether oxygens (including phenoxy) is 1. The fourth-order valence-electron chi connectivity index (χ4n) is 2.52. The van der Waals surface area contributed by atoms with Gasteiger partial charge in [0.15, 0.2) is 17.2 Å². The molecule has 1 fully saturated rings. The molecule has 0 aliphatic carbocycles. The van der Waals surface area contributed by atoms with Crippen LogP contribution in [0.2, 0.25) is 0 Å². The normalized spacial score (nSPS) is 33.9. The summed E-state index contributed by atoms with van der Waals surface area (Å²) < 4.78 is 6.96. The molecule has 1 aliphatic rings. The molecular formula is C11H15N5O4. The van der Waals surface area contributed by atoms with Gasteiger partial charge < -0.3 is 25.8 Å². The molecule has 3 heterocycles. The molecule has 0 bridgehead atoms. The fraction of sp³-hybridized carbons (Fsp3) is 0.545. The summed E-state index contributed by atoms with van der Waals surface area (Å²) in [5.74, 6) is 0.183. The van der Waals surface area contributed by atoms with Crippen molar-refractivity contribution in [2.24, 2.45) is 0 Å². The van der Waals surface area contributed by atoms with Gasteiger partial charge in [0.1, 0.15) is 24.1 Å². The highest BCUT2D eigenvalue weighted by Gasteiger charge is 2.54. The van der Waals surface area contributed by atoms with Crippen LogP contribution in [0, 0.1) is 0 Å². The minimum atomic E-state index is -1.55. The number of fused-ring (bicyclic) bond motifs is 1. The van der Waals surface area contributed by atoms with Gasteiger partial charge in [0.2, 0.25) is 0 Å². The highest BCUT2D eigenvalue weighted by atomic mass is 16.6. The zero-order chi connectivity index (χ0) is 14.5. The van der Waals surface area contributed by atoms with Crippen molar-refractivity contribution in [3.63, 3.8) is 0 Å². The highest BCUT2D eigenvalue weighted by molar-refractivity contribution is 5.81. The van der Waals surface area contributed by atoms with E-state index in [-0.39, 0.29) is 5.82 Å². The molecule has 3 rings (SSSR count). The van der Waals surface area contributed by atoms with E-state index in [1.165, 1.54) is 17.2 Å². The minimum Gasteiger partial charge on any atom is -0.391 e. The van der Waals surface area contributed by atoms with Crippen LogP contribution >= 0.6 is 0 Å². The van der Waals surface area contributed by atoms with E-state index in [0.29, 0.717) is 11.2 Å². The number of aromatic nitrogens is 4. The number of hydrogen-bond acceptors (Lipinski definition) is 8. The lowest BCUT2D eigenvalue weighted by molar-refractivity contribution is -0.162. The third kappa shape index (κ3) is 1.54. The van der Waals surface area contributed by atoms with E-state index in [0.717, 1.165) is 0 Å². The molecule has 5 N–H and O–H groups in total. The Balaban J connectivity index is 2.20. The summed E-state index contributed by atoms with van der Waals surface area (Å²) >= 11 is 0. The Bertz CT molecular complexity index is 647. The van der Waals surface area contributed by atoms with Crippen LogP contribution in [-0.2, 0) is 10.5 Å². The van der Waals surface area contributed by atoms with Gasteiger partial charge in [-0.3, -0.25) is 4.57 Å². The Morgan fingerprint density at radius 3 is 2.75 bits per heavy atom. The zero-order valence-corrected chi connectivity index (χ0v) is 10.7. The minimum absolute atomic E-state index is 0.183. The second-order valence-electron chi connectivity index (χ2n) is 4.81. The molecule has 0 amide bonds. The molecule has 0 aromatic carbocycles.